The predicted molar refractivity (Wildman–Crippen MR) is 220 cm³/mol. The van der Waals surface area contributed by atoms with E-state index in [2.05, 4.69) is 0 Å². The Kier molecular flexibility index (Phi) is 15.7. The Labute approximate surface area is 375 Å². The Hall–Kier alpha value is -9.53. The highest BCUT2D eigenvalue weighted by Crippen LogP contribution is 2.26. The van der Waals surface area contributed by atoms with Gasteiger partial charge in [0.2, 0.25) is 0 Å². The molecular formula is C46H32O21. The molecule has 0 radical (unpaired) electrons. The van der Waals surface area contributed by atoms with Crippen LogP contribution >= 0.6 is 0 Å². The fourth-order valence-electron chi connectivity index (χ4n) is 6.28. The molecule has 0 aliphatic rings. The van der Waals surface area contributed by atoms with E-state index in [-0.39, 0.29) is 6.29 Å². The van der Waals surface area contributed by atoms with Crippen molar-refractivity contribution in [2.24, 2.45) is 0 Å². The van der Waals surface area contributed by atoms with Gasteiger partial charge in [-0.2, -0.15) is 0 Å². The average Bonchev–Trinajstić information content (AvgIpc) is 3.32. The Morgan fingerprint density at radius 3 is 0.910 bits per heavy atom. The van der Waals surface area contributed by atoms with Crippen LogP contribution in [-0.4, -0.2) is 123 Å². The molecular weight excluding hydrogens is 888 g/mol. The highest BCUT2D eigenvalue weighted by atomic mass is 16.6. The zero-order valence-corrected chi connectivity index (χ0v) is 33.9. The van der Waals surface area contributed by atoms with Gasteiger partial charge in [-0.1, -0.05) is 60.7 Å². The number of hydrogen-bond donors (Lipinski definition) is 5. The third-order valence-electron chi connectivity index (χ3n) is 9.40. The van der Waals surface area contributed by atoms with Gasteiger partial charge in [-0.25, -0.2) is 47.9 Å². The van der Waals surface area contributed by atoms with E-state index < -0.39 is 146 Å². The summed E-state index contributed by atoms with van der Waals surface area (Å²) in [5.74, 6) is -16.4. The van der Waals surface area contributed by atoms with E-state index in [0.717, 1.165) is 60.7 Å². The van der Waals surface area contributed by atoms with Crippen LogP contribution in [0.1, 0.15) is 104 Å². The quantitative estimate of drug-likeness (QED) is 0.0409. The first kappa shape index (κ1) is 48.5. The summed E-state index contributed by atoms with van der Waals surface area (Å²) in [6, 6.07) is 21.8. The Balaban J connectivity index is 1.77. The van der Waals surface area contributed by atoms with E-state index in [9.17, 15) is 78.3 Å². The van der Waals surface area contributed by atoms with Crippen LogP contribution in [0, 0.1) is 0 Å². The van der Waals surface area contributed by atoms with Gasteiger partial charge in [0.25, 0.3) is 0 Å². The minimum absolute atomic E-state index is 0.234. The predicted octanol–water partition coefficient (Wildman–Crippen LogP) is 4.44. The zero-order chi connectivity index (χ0) is 48.9. The molecule has 67 heavy (non-hydrogen) atoms. The number of carboxylic acid groups (broad SMARTS) is 5. The van der Waals surface area contributed by atoms with E-state index in [4.69, 9.17) is 23.7 Å². The van der Waals surface area contributed by atoms with Gasteiger partial charge >= 0.3 is 59.7 Å². The van der Waals surface area contributed by atoms with Gasteiger partial charge in [-0.05, 0) is 60.7 Å². The van der Waals surface area contributed by atoms with E-state index in [1.807, 2.05) is 0 Å². The normalized spacial score (nSPS) is 12.4. The second-order valence-corrected chi connectivity index (χ2v) is 13.5. The molecule has 0 unspecified atom stereocenters. The fraction of sp³-hybridized carbons (Fsp3) is 0.109. The highest BCUT2D eigenvalue weighted by molar-refractivity contribution is 6.06. The summed E-state index contributed by atoms with van der Waals surface area (Å²) in [6.07, 6.45) is -10.7. The van der Waals surface area contributed by atoms with Crippen LogP contribution in [0.15, 0.2) is 121 Å². The van der Waals surface area contributed by atoms with Crippen LogP contribution in [0.2, 0.25) is 0 Å². The molecule has 342 valence electrons. The van der Waals surface area contributed by atoms with Crippen molar-refractivity contribution in [3.8, 4) is 0 Å². The Bertz CT molecular complexity index is 2810. The summed E-state index contributed by atoms with van der Waals surface area (Å²) >= 11 is 0. The smallest absolute Gasteiger partial charge is 0.339 e. The summed E-state index contributed by atoms with van der Waals surface area (Å²) in [5.41, 5.74) is -6.95. The van der Waals surface area contributed by atoms with Crippen molar-refractivity contribution in [3.05, 3.63) is 177 Å². The molecule has 0 aromatic heterocycles. The minimum atomic E-state index is -2.70. The van der Waals surface area contributed by atoms with E-state index in [0.29, 0.717) is 0 Å². The molecule has 0 bridgehead atoms. The van der Waals surface area contributed by atoms with Crippen LogP contribution in [0.25, 0.3) is 0 Å². The molecule has 0 heterocycles. The van der Waals surface area contributed by atoms with Crippen molar-refractivity contribution < 1.29 is 102 Å². The van der Waals surface area contributed by atoms with Crippen molar-refractivity contribution >= 4 is 66.0 Å². The number of ether oxygens (including phenoxy) is 5. The maximum Gasteiger partial charge on any atom is 0.339 e. The number of esters is 5. The van der Waals surface area contributed by atoms with Crippen LogP contribution in [-0.2, 0) is 28.5 Å². The highest BCUT2D eigenvalue weighted by Gasteiger charge is 2.47. The minimum Gasteiger partial charge on any atom is -0.478 e. The van der Waals surface area contributed by atoms with Crippen LogP contribution < -0.4 is 0 Å². The lowest BCUT2D eigenvalue weighted by molar-refractivity contribution is -0.143. The molecule has 5 aromatic carbocycles. The van der Waals surface area contributed by atoms with Gasteiger partial charge < -0.3 is 49.2 Å². The molecule has 4 atom stereocenters. The molecule has 0 amide bonds. The van der Waals surface area contributed by atoms with Gasteiger partial charge in [-0.3, -0.25) is 4.79 Å². The van der Waals surface area contributed by atoms with Crippen molar-refractivity contribution in [1.29, 1.82) is 0 Å². The summed E-state index contributed by atoms with van der Waals surface area (Å²) in [5, 5.41) is 49.2. The van der Waals surface area contributed by atoms with E-state index in [1.165, 1.54) is 60.7 Å². The first-order chi connectivity index (χ1) is 31.9. The maximum atomic E-state index is 14.2. The van der Waals surface area contributed by atoms with Gasteiger partial charge in [-0.15, -0.1) is 0 Å². The molecule has 21 heteroatoms. The molecule has 0 saturated heterocycles. The number of rotatable bonds is 20. The first-order valence-electron chi connectivity index (χ1n) is 19.0. The lowest BCUT2D eigenvalue weighted by Gasteiger charge is -2.34. The third-order valence-corrected chi connectivity index (χ3v) is 9.40. The molecule has 5 rings (SSSR count). The van der Waals surface area contributed by atoms with Crippen molar-refractivity contribution in [2.75, 3.05) is 6.61 Å². The summed E-state index contributed by atoms with van der Waals surface area (Å²) < 4.78 is 27.7. The standard InChI is InChI=1S/C46H32O21/c47-21-33(64-43(59)29-17-7-2-12-24(29)38(50)51)35(66-45(61)31-19-9-4-14-26(31)40(54)55)36(67-46(62)32-20-10-5-15-27(32)41(56)57)34(65-44(60)30-18-8-3-13-25(30)39(52)53)22-63-42(58)28-16-6-1-11-23(28)37(48)49/h1-21,33-36H,22H2,(H,48,49)(H,50,51)(H,52,53)(H,54,55)(H,56,57)/t33-,34+,35+,36+/m0/s1. The average molecular weight is 921 g/mol. The van der Waals surface area contributed by atoms with Crippen LogP contribution in [0.5, 0.6) is 0 Å². The number of hydrogen-bond acceptors (Lipinski definition) is 16. The van der Waals surface area contributed by atoms with Crippen LogP contribution in [0.3, 0.4) is 0 Å². The lowest BCUT2D eigenvalue weighted by atomic mass is 10.0. The monoisotopic (exact) mass is 920 g/mol. The van der Waals surface area contributed by atoms with Gasteiger partial charge in [0.1, 0.15) is 6.61 Å². The first-order valence-corrected chi connectivity index (χ1v) is 19.0. The molecule has 0 saturated carbocycles. The second kappa shape index (κ2) is 21.7. The van der Waals surface area contributed by atoms with Crippen molar-refractivity contribution in [2.45, 2.75) is 24.4 Å². The second-order valence-electron chi connectivity index (χ2n) is 13.5. The lowest BCUT2D eigenvalue weighted by Crippen LogP contribution is -2.54. The molecule has 5 aromatic rings. The maximum absolute atomic E-state index is 14.2. The van der Waals surface area contributed by atoms with E-state index >= 15 is 0 Å². The molecule has 0 aliphatic heterocycles. The number of benzene rings is 5. The summed E-state index contributed by atoms with van der Waals surface area (Å²) in [4.78, 5) is 143. The van der Waals surface area contributed by atoms with Crippen molar-refractivity contribution in [1.82, 2.24) is 0 Å². The van der Waals surface area contributed by atoms with Gasteiger partial charge in [0.15, 0.2) is 30.7 Å². The van der Waals surface area contributed by atoms with Gasteiger partial charge in [0, 0.05) is 0 Å². The number of aldehydes is 1. The third kappa shape index (κ3) is 11.5. The molecule has 0 fully saturated rings. The Morgan fingerprint density at radius 1 is 0.358 bits per heavy atom. The van der Waals surface area contributed by atoms with E-state index in [1.54, 1.807) is 0 Å². The summed E-state index contributed by atoms with van der Waals surface area (Å²) in [6.45, 7) is -1.40. The number of carbonyl (C=O) groups excluding carboxylic acids is 6. The molecule has 0 spiro atoms. The largest absolute Gasteiger partial charge is 0.478 e. The number of carbonyl (C=O) groups is 11. The van der Waals surface area contributed by atoms with Gasteiger partial charge in [0.05, 0.1) is 55.6 Å². The SMILES string of the molecule is O=C[C@H](OC(=O)c1ccccc1C(=O)O)[C@@H](OC(=O)c1ccccc1C(=O)O)[C@H](OC(=O)c1ccccc1C(=O)O)[C@@H](COC(=O)c1ccccc1C(=O)O)OC(=O)c1ccccc1C(=O)O. The molecule has 5 N–H and O–H groups in total. The van der Waals surface area contributed by atoms with Crippen molar-refractivity contribution in [3.63, 3.8) is 0 Å². The Morgan fingerprint density at radius 2 is 0.612 bits per heavy atom. The fourth-order valence-corrected chi connectivity index (χ4v) is 6.28. The zero-order valence-electron chi connectivity index (χ0n) is 33.9. The van der Waals surface area contributed by atoms with Crippen LogP contribution in [0.4, 0.5) is 0 Å². The molecule has 21 nitrogen and oxygen atoms in total. The number of aromatic carboxylic acids is 5. The topological polar surface area (TPSA) is 335 Å². The molecule has 0 aliphatic carbocycles. The number of carboxylic acids is 5. The summed E-state index contributed by atoms with van der Waals surface area (Å²) in [7, 11) is 0.